The topological polar surface area (TPSA) is 69.6 Å². The van der Waals surface area contributed by atoms with E-state index in [2.05, 4.69) is 43.5 Å². The fourth-order valence-electron chi connectivity index (χ4n) is 9.98. The Morgan fingerprint density at radius 3 is 0.896 bits per heavy atom. The van der Waals surface area contributed by atoms with Crippen molar-refractivity contribution in [3.05, 3.63) is 24.3 Å². The van der Waals surface area contributed by atoms with Crippen LogP contribution in [0.25, 0.3) is 0 Å². The van der Waals surface area contributed by atoms with Crippen molar-refractivity contribution in [2.45, 2.75) is 366 Å². The lowest BCUT2D eigenvalue weighted by Gasteiger charge is -2.22. The molecule has 67 heavy (non-hydrogen) atoms. The Hall–Kier alpha value is -1.13. The second kappa shape index (κ2) is 59.2. The summed E-state index contributed by atoms with van der Waals surface area (Å²) in [6.07, 6.45) is 79.1. The van der Waals surface area contributed by atoms with E-state index in [1.54, 1.807) is 0 Å². The van der Waals surface area contributed by atoms with Crippen LogP contribution in [0.1, 0.15) is 354 Å². The highest BCUT2D eigenvalue weighted by atomic mass is 16.3. The minimum absolute atomic E-state index is 0.0278. The van der Waals surface area contributed by atoms with E-state index in [1.807, 2.05) is 0 Å². The Labute approximate surface area is 421 Å². The monoisotopic (exact) mass is 942 g/mol. The first-order chi connectivity index (χ1) is 33.2. The van der Waals surface area contributed by atoms with Gasteiger partial charge in [-0.25, -0.2) is 0 Å². The molecule has 4 nitrogen and oxygen atoms in total. The molecule has 0 saturated carbocycles. The van der Waals surface area contributed by atoms with Crippen LogP contribution in [0.4, 0.5) is 0 Å². The molecule has 4 heteroatoms. The normalized spacial score (nSPS) is 12.8. The van der Waals surface area contributed by atoms with Crippen LogP contribution in [-0.4, -0.2) is 34.9 Å². The summed E-state index contributed by atoms with van der Waals surface area (Å²) in [5, 5.41) is 23.4. The van der Waals surface area contributed by atoms with E-state index in [4.69, 9.17) is 0 Å². The Morgan fingerprint density at radius 2 is 0.612 bits per heavy atom. The first-order valence-electron chi connectivity index (χ1n) is 31.0. The number of allylic oxidation sites excluding steroid dienone is 4. The van der Waals surface area contributed by atoms with E-state index in [0.29, 0.717) is 12.8 Å². The number of carbonyl (C=O) groups is 1. The average molecular weight is 943 g/mol. The van der Waals surface area contributed by atoms with E-state index < -0.39 is 12.1 Å². The molecule has 0 aliphatic rings. The molecule has 398 valence electrons. The summed E-state index contributed by atoms with van der Waals surface area (Å²) >= 11 is 0. The maximum Gasteiger partial charge on any atom is 0.220 e. The third-order valence-electron chi connectivity index (χ3n) is 14.7. The van der Waals surface area contributed by atoms with Crippen LogP contribution in [0.2, 0.25) is 0 Å². The molecule has 0 aliphatic carbocycles. The lowest BCUT2D eigenvalue weighted by Crippen LogP contribution is -2.45. The molecule has 0 spiro atoms. The SMILES string of the molecule is CCCCCCC/C=C\C/C=C\CCCCCCCCCCCCCC(=O)NC(CO)C(O)CCCCCCCCCCCCCCCCCCCCCCCCCCCCCCCCCC. The zero-order valence-corrected chi connectivity index (χ0v) is 46.0. The van der Waals surface area contributed by atoms with Crippen molar-refractivity contribution < 1.29 is 15.0 Å². The summed E-state index contributed by atoms with van der Waals surface area (Å²) in [6, 6.07) is -0.538. The van der Waals surface area contributed by atoms with Crippen LogP contribution in [0.3, 0.4) is 0 Å². The zero-order chi connectivity index (χ0) is 48.5. The number of amides is 1. The van der Waals surface area contributed by atoms with Gasteiger partial charge in [-0.3, -0.25) is 4.79 Å². The highest BCUT2D eigenvalue weighted by molar-refractivity contribution is 5.76. The predicted octanol–water partition coefficient (Wildman–Crippen LogP) is 20.7. The first-order valence-corrected chi connectivity index (χ1v) is 31.0. The maximum absolute atomic E-state index is 12.5. The second-order valence-corrected chi connectivity index (χ2v) is 21.5. The molecular formula is C63H123NO3. The van der Waals surface area contributed by atoms with Crippen LogP contribution in [-0.2, 0) is 4.79 Å². The van der Waals surface area contributed by atoms with Crippen molar-refractivity contribution in [3.63, 3.8) is 0 Å². The third-order valence-corrected chi connectivity index (χ3v) is 14.7. The van der Waals surface area contributed by atoms with Gasteiger partial charge in [0.1, 0.15) is 0 Å². The Bertz CT molecular complexity index is 978. The summed E-state index contributed by atoms with van der Waals surface area (Å²) < 4.78 is 0. The number of aliphatic hydroxyl groups excluding tert-OH is 2. The lowest BCUT2D eigenvalue weighted by molar-refractivity contribution is -0.123. The maximum atomic E-state index is 12.5. The van der Waals surface area contributed by atoms with Crippen LogP contribution in [0.5, 0.6) is 0 Å². The van der Waals surface area contributed by atoms with Gasteiger partial charge in [0.25, 0.3) is 0 Å². The van der Waals surface area contributed by atoms with Gasteiger partial charge in [0.2, 0.25) is 5.91 Å². The summed E-state index contributed by atoms with van der Waals surface area (Å²) in [6.45, 7) is 4.39. The van der Waals surface area contributed by atoms with Gasteiger partial charge < -0.3 is 15.5 Å². The van der Waals surface area contributed by atoms with Gasteiger partial charge in [-0.05, 0) is 44.9 Å². The van der Waals surface area contributed by atoms with Crippen molar-refractivity contribution in [2.75, 3.05) is 6.61 Å². The third kappa shape index (κ3) is 55.7. The highest BCUT2D eigenvalue weighted by Gasteiger charge is 2.20. The summed E-state index contributed by atoms with van der Waals surface area (Å²) in [7, 11) is 0. The largest absolute Gasteiger partial charge is 0.394 e. The van der Waals surface area contributed by atoms with Gasteiger partial charge in [-0.1, -0.05) is 327 Å². The van der Waals surface area contributed by atoms with Crippen molar-refractivity contribution >= 4 is 5.91 Å². The molecule has 0 saturated heterocycles. The lowest BCUT2D eigenvalue weighted by atomic mass is 10.0. The van der Waals surface area contributed by atoms with Crippen molar-refractivity contribution in [2.24, 2.45) is 0 Å². The van der Waals surface area contributed by atoms with Gasteiger partial charge in [0, 0.05) is 6.42 Å². The Kier molecular flexibility index (Phi) is 58.2. The molecule has 0 aromatic rings. The van der Waals surface area contributed by atoms with E-state index in [-0.39, 0.29) is 12.5 Å². The van der Waals surface area contributed by atoms with Crippen LogP contribution < -0.4 is 5.32 Å². The van der Waals surface area contributed by atoms with Gasteiger partial charge in [0.05, 0.1) is 18.8 Å². The first kappa shape index (κ1) is 65.9. The molecular weight excluding hydrogens is 819 g/mol. The number of rotatable bonds is 58. The summed E-state index contributed by atoms with van der Waals surface area (Å²) in [5.41, 5.74) is 0. The van der Waals surface area contributed by atoms with Crippen molar-refractivity contribution in [1.82, 2.24) is 5.32 Å². The fraction of sp³-hybridized carbons (Fsp3) is 0.921. The number of unbranched alkanes of at least 4 members (excludes halogenated alkanes) is 47. The van der Waals surface area contributed by atoms with Gasteiger partial charge in [-0.2, -0.15) is 0 Å². The molecule has 0 aromatic carbocycles. The number of aliphatic hydroxyl groups is 2. The smallest absolute Gasteiger partial charge is 0.220 e. The molecule has 0 rings (SSSR count). The van der Waals surface area contributed by atoms with Crippen molar-refractivity contribution in [3.8, 4) is 0 Å². The zero-order valence-electron chi connectivity index (χ0n) is 46.0. The molecule has 3 N–H and O–H groups in total. The van der Waals surface area contributed by atoms with Crippen LogP contribution in [0, 0.1) is 0 Å². The number of hydrogen-bond acceptors (Lipinski definition) is 3. The summed E-state index contributed by atoms with van der Waals surface area (Å²) in [5.74, 6) is -0.0278. The Balaban J connectivity index is 3.40. The Morgan fingerprint density at radius 1 is 0.358 bits per heavy atom. The quantitative estimate of drug-likeness (QED) is 0.0420. The number of carbonyl (C=O) groups excluding carboxylic acids is 1. The molecule has 2 unspecified atom stereocenters. The van der Waals surface area contributed by atoms with Crippen LogP contribution >= 0.6 is 0 Å². The van der Waals surface area contributed by atoms with E-state index in [1.165, 1.54) is 295 Å². The van der Waals surface area contributed by atoms with Crippen molar-refractivity contribution in [1.29, 1.82) is 0 Å². The van der Waals surface area contributed by atoms with E-state index >= 15 is 0 Å². The van der Waals surface area contributed by atoms with Gasteiger partial charge in [0.15, 0.2) is 0 Å². The molecule has 0 radical (unpaired) electrons. The molecule has 0 fully saturated rings. The summed E-state index contributed by atoms with van der Waals surface area (Å²) in [4.78, 5) is 12.5. The minimum atomic E-state index is -0.661. The number of nitrogens with one attached hydrogen (secondary N) is 1. The molecule has 2 atom stereocenters. The van der Waals surface area contributed by atoms with E-state index in [9.17, 15) is 15.0 Å². The molecule has 1 amide bonds. The number of hydrogen-bond donors (Lipinski definition) is 3. The van der Waals surface area contributed by atoms with Crippen LogP contribution in [0.15, 0.2) is 24.3 Å². The molecule has 0 bridgehead atoms. The minimum Gasteiger partial charge on any atom is -0.394 e. The van der Waals surface area contributed by atoms with Gasteiger partial charge in [-0.15, -0.1) is 0 Å². The molecule has 0 aliphatic heterocycles. The van der Waals surface area contributed by atoms with Gasteiger partial charge >= 0.3 is 0 Å². The molecule has 0 heterocycles. The molecule has 0 aromatic heterocycles. The highest BCUT2D eigenvalue weighted by Crippen LogP contribution is 2.19. The second-order valence-electron chi connectivity index (χ2n) is 21.5. The van der Waals surface area contributed by atoms with E-state index in [0.717, 1.165) is 32.1 Å². The fourth-order valence-corrected chi connectivity index (χ4v) is 9.98. The predicted molar refractivity (Wildman–Crippen MR) is 299 cm³/mol. The average Bonchev–Trinajstić information content (AvgIpc) is 3.33. The standard InChI is InChI=1S/C63H123NO3/c1-3-5-7-9-11-13-15-17-19-21-23-25-27-28-29-30-31-32-33-34-35-37-38-40-42-44-46-48-50-52-54-56-58-62(66)61(60-65)64-63(67)59-57-55-53-51-49-47-45-43-41-39-36-26-24-22-20-18-16-14-12-10-8-6-4-2/h16,18,22,24,61-62,65-66H,3-15,17,19-21,23,25-60H2,1-2H3,(H,64,67)/b18-16-,24-22-.